The zero-order valence-corrected chi connectivity index (χ0v) is 22.5. The number of esters is 1. The van der Waals surface area contributed by atoms with Crippen molar-refractivity contribution >= 4 is 40.1 Å². The quantitative estimate of drug-likeness (QED) is 0.296. The van der Waals surface area contributed by atoms with E-state index in [9.17, 15) is 19.8 Å². The van der Waals surface area contributed by atoms with E-state index in [1.165, 1.54) is 4.90 Å². The summed E-state index contributed by atoms with van der Waals surface area (Å²) in [6.45, 7) is 2.17. The predicted molar refractivity (Wildman–Crippen MR) is 148 cm³/mol. The monoisotopic (exact) mass is 533 g/mol. The smallest absolute Gasteiger partial charge is 0.356 e. The maximum Gasteiger partial charge on any atom is 0.356 e. The molecule has 4 atom stereocenters. The number of rotatable bonds is 5. The summed E-state index contributed by atoms with van der Waals surface area (Å²) in [5.41, 5.74) is -0.649. The van der Waals surface area contributed by atoms with E-state index in [1.54, 1.807) is 20.8 Å². The molecule has 0 aromatic heterocycles. The molecule has 38 heavy (non-hydrogen) atoms. The molecule has 2 heterocycles. The van der Waals surface area contributed by atoms with E-state index >= 15 is 0 Å². The normalized spacial score (nSPS) is 23.3. The summed E-state index contributed by atoms with van der Waals surface area (Å²) in [4.78, 5) is 29.5. The molecule has 8 heteroatoms. The number of hydrogen-bond acceptors (Lipinski definition) is 6. The van der Waals surface area contributed by atoms with Gasteiger partial charge in [0.1, 0.15) is 23.0 Å². The summed E-state index contributed by atoms with van der Waals surface area (Å²) in [6.07, 6.45) is -3.36. The summed E-state index contributed by atoms with van der Waals surface area (Å²) in [5, 5.41) is 23.4. The topological polar surface area (TPSA) is 96.3 Å². The maximum absolute atomic E-state index is 14.3. The number of amides is 1. The molecule has 0 spiro atoms. The van der Waals surface area contributed by atoms with Crippen molar-refractivity contribution in [2.45, 2.75) is 44.8 Å². The highest BCUT2D eigenvalue weighted by Crippen LogP contribution is 2.50. The minimum atomic E-state index is -3.04. The molecule has 2 saturated heterocycles. The molecule has 0 aliphatic carbocycles. The van der Waals surface area contributed by atoms with Gasteiger partial charge in [0, 0.05) is 6.89 Å². The Balaban J connectivity index is 1.92. The summed E-state index contributed by atoms with van der Waals surface area (Å²) in [7, 11) is 0. The lowest BCUT2D eigenvalue weighted by molar-refractivity contribution is -0.234. The van der Waals surface area contributed by atoms with Gasteiger partial charge in [-0.3, -0.25) is 9.69 Å². The van der Waals surface area contributed by atoms with Gasteiger partial charge in [-0.2, -0.15) is 0 Å². The van der Waals surface area contributed by atoms with Gasteiger partial charge in [0.05, 0.1) is 12.7 Å². The van der Waals surface area contributed by atoms with Crippen LogP contribution in [0.2, 0.25) is 0 Å². The van der Waals surface area contributed by atoms with E-state index in [4.69, 9.17) is 9.47 Å². The molecule has 0 saturated carbocycles. The van der Waals surface area contributed by atoms with Gasteiger partial charge in [-0.1, -0.05) is 91.0 Å². The lowest BCUT2D eigenvalue weighted by Crippen LogP contribution is -2.73. The number of benzene rings is 3. The van der Waals surface area contributed by atoms with Crippen LogP contribution in [0.5, 0.6) is 0 Å². The number of aliphatic hydroxyl groups excluding tert-OH is 2. The maximum atomic E-state index is 14.3. The second-order valence-electron chi connectivity index (χ2n) is 10.5. The highest BCUT2D eigenvalue weighted by Gasteiger charge is 2.60. The molecule has 0 unspecified atom stereocenters. The van der Waals surface area contributed by atoms with Crippen LogP contribution >= 0.6 is 6.89 Å². The molecule has 198 valence electrons. The van der Waals surface area contributed by atoms with Crippen molar-refractivity contribution in [3.05, 3.63) is 91.0 Å². The van der Waals surface area contributed by atoms with Gasteiger partial charge in [-0.25, -0.2) is 4.79 Å². The van der Waals surface area contributed by atoms with Gasteiger partial charge in [0.15, 0.2) is 6.23 Å². The zero-order valence-electron chi connectivity index (χ0n) is 21.6. The molecule has 0 radical (unpaired) electrons. The number of likely N-dealkylation sites (tertiary alicyclic amines) is 1. The second-order valence-corrected chi connectivity index (χ2v) is 13.8. The summed E-state index contributed by atoms with van der Waals surface area (Å²) >= 11 is 0. The third-order valence-corrected chi connectivity index (χ3v) is 11.1. The fourth-order valence-corrected chi connectivity index (χ4v) is 9.57. The van der Waals surface area contributed by atoms with E-state index in [2.05, 4.69) is 0 Å². The molecule has 1 amide bonds. The fourth-order valence-electron chi connectivity index (χ4n) is 5.23. The van der Waals surface area contributed by atoms with Crippen molar-refractivity contribution in [1.82, 2.24) is 4.90 Å². The Labute approximate surface area is 222 Å². The van der Waals surface area contributed by atoms with Gasteiger partial charge in [-0.05, 0) is 36.7 Å². The number of fused-ring (bicyclic) bond motifs is 1. The van der Waals surface area contributed by atoms with Crippen LogP contribution in [-0.4, -0.2) is 63.1 Å². The average molecular weight is 534 g/mol. The van der Waals surface area contributed by atoms with Crippen molar-refractivity contribution < 1.29 is 29.3 Å². The molecule has 0 bridgehead atoms. The number of carbonyl (C=O) groups excluding carboxylic acids is 2. The minimum Gasteiger partial charge on any atom is -0.455 e. The van der Waals surface area contributed by atoms with Crippen molar-refractivity contribution in [2.75, 3.05) is 6.61 Å². The summed E-state index contributed by atoms with van der Waals surface area (Å²) < 4.78 is 11.9. The van der Waals surface area contributed by atoms with Gasteiger partial charge in [0.2, 0.25) is 5.91 Å². The predicted octanol–water partition coefficient (Wildman–Crippen LogP) is 1.99. The first-order valence-electron chi connectivity index (χ1n) is 12.6. The number of carbonyl (C=O) groups is 2. The Hall–Kier alpha value is -3.22. The number of β-lactam (4-membered cyclic amide) rings is 1. The van der Waals surface area contributed by atoms with Gasteiger partial charge < -0.3 is 19.7 Å². The number of ether oxygens (including phenoxy) is 2. The van der Waals surface area contributed by atoms with Crippen LogP contribution in [0.4, 0.5) is 0 Å². The standard InChI is InChI=1S/C30H32NO6P/c1-30(2,3)37-29(35)28(31-26(34)24-25(33)23(32)19-36-27(24)31)38(20-13-7-4-8-14-20,21-15-9-5-10-16-21)22-17-11-6-12-18-22/h4-18,23-25,27,32-33H,19H2,1-3H3/t23-,24-,25-,27-/m1/s1. The first-order valence-corrected chi connectivity index (χ1v) is 14.4. The molecule has 2 aliphatic rings. The lowest BCUT2D eigenvalue weighted by atomic mass is 9.85. The highest BCUT2D eigenvalue weighted by atomic mass is 31.2. The molecule has 7 nitrogen and oxygen atoms in total. The van der Waals surface area contributed by atoms with Crippen molar-refractivity contribution in [3.8, 4) is 0 Å². The molecule has 5 rings (SSSR count). The first kappa shape index (κ1) is 26.4. The Morgan fingerprint density at radius 3 is 1.74 bits per heavy atom. The lowest BCUT2D eigenvalue weighted by Gasteiger charge is -2.53. The zero-order chi connectivity index (χ0) is 27.1. The molecular weight excluding hydrogens is 501 g/mol. The van der Waals surface area contributed by atoms with Gasteiger partial charge in [-0.15, -0.1) is 0 Å². The average Bonchev–Trinajstić information content (AvgIpc) is 2.90. The Morgan fingerprint density at radius 1 is 0.868 bits per heavy atom. The summed E-state index contributed by atoms with van der Waals surface area (Å²) in [6, 6.07) is 29.1. The van der Waals surface area contributed by atoms with Crippen LogP contribution in [0.15, 0.2) is 91.0 Å². The third kappa shape index (κ3) is 4.40. The Morgan fingerprint density at radius 2 is 1.32 bits per heavy atom. The van der Waals surface area contributed by atoms with E-state index < -0.39 is 48.7 Å². The van der Waals surface area contributed by atoms with Gasteiger partial charge in [0.25, 0.3) is 0 Å². The number of aliphatic hydroxyl groups is 2. The minimum absolute atomic E-state index is 0.152. The van der Waals surface area contributed by atoms with Crippen LogP contribution in [0.25, 0.3) is 0 Å². The van der Waals surface area contributed by atoms with Gasteiger partial charge >= 0.3 is 5.97 Å². The molecule has 3 aromatic carbocycles. The van der Waals surface area contributed by atoms with Crippen LogP contribution < -0.4 is 15.9 Å². The van der Waals surface area contributed by atoms with E-state index in [0.29, 0.717) is 0 Å². The van der Waals surface area contributed by atoms with E-state index in [0.717, 1.165) is 15.9 Å². The van der Waals surface area contributed by atoms with Crippen LogP contribution in [0.3, 0.4) is 0 Å². The molecule has 2 aliphatic heterocycles. The largest absolute Gasteiger partial charge is 0.455 e. The molecule has 3 aromatic rings. The first-order chi connectivity index (χ1) is 18.2. The highest BCUT2D eigenvalue weighted by molar-refractivity contribution is 7.96. The Kier molecular flexibility index (Phi) is 7.05. The van der Waals surface area contributed by atoms with E-state index in [-0.39, 0.29) is 12.0 Å². The fraction of sp³-hybridized carbons (Fsp3) is 0.300. The van der Waals surface area contributed by atoms with Crippen LogP contribution in [0.1, 0.15) is 20.8 Å². The van der Waals surface area contributed by atoms with Crippen molar-refractivity contribution in [1.29, 1.82) is 0 Å². The van der Waals surface area contributed by atoms with Crippen LogP contribution in [-0.2, 0) is 19.1 Å². The summed E-state index contributed by atoms with van der Waals surface area (Å²) in [5.74, 6) is -2.08. The number of nitrogens with zero attached hydrogens (tertiary/aromatic N) is 1. The molecular formula is C30H32NO6P. The van der Waals surface area contributed by atoms with Crippen LogP contribution in [0, 0.1) is 5.92 Å². The second kappa shape index (κ2) is 10.2. The molecule has 2 fully saturated rings. The third-order valence-electron chi connectivity index (χ3n) is 6.84. The van der Waals surface area contributed by atoms with Crippen molar-refractivity contribution in [3.63, 3.8) is 0 Å². The van der Waals surface area contributed by atoms with E-state index in [1.807, 2.05) is 91.0 Å². The SMILES string of the molecule is CC(C)(C)OC(=O)C(N1C(=O)[C@H]2[C@H](O)[C@H](O)CO[C@H]21)=P(c1ccccc1)(c1ccccc1)c1ccccc1. The van der Waals surface area contributed by atoms with Crippen molar-refractivity contribution in [2.24, 2.45) is 5.92 Å². The molecule has 2 N–H and O–H groups in total. The number of hydrogen-bond donors (Lipinski definition) is 2. The Bertz CT molecular complexity index is 1270.